The Morgan fingerprint density at radius 3 is 2.66 bits per heavy atom. The molecule has 0 amide bonds. The number of hydrogen-bond donors (Lipinski definition) is 1. The van der Waals surface area contributed by atoms with Gasteiger partial charge in [0.1, 0.15) is 11.5 Å². The highest BCUT2D eigenvalue weighted by molar-refractivity contribution is 5.71. The van der Waals surface area contributed by atoms with E-state index in [1.807, 2.05) is 50.3 Å². The second-order valence-electron chi connectivity index (χ2n) is 8.72. The van der Waals surface area contributed by atoms with E-state index >= 15 is 0 Å². The molecule has 6 nitrogen and oxygen atoms in total. The zero-order valence-corrected chi connectivity index (χ0v) is 19.6. The Morgan fingerprint density at radius 1 is 1.25 bits per heavy atom. The maximum absolute atomic E-state index is 11.3. The van der Waals surface area contributed by atoms with Gasteiger partial charge in [-0.05, 0) is 55.2 Å². The molecule has 1 aromatic carbocycles. The normalized spacial score (nSPS) is 14.4. The summed E-state index contributed by atoms with van der Waals surface area (Å²) in [4.78, 5) is 16.1. The highest BCUT2D eigenvalue weighted by atomic mass is 16.5. The Bertz CT molecular complexity index is 1050. The summed E-state index contributed by atoms with van der Waals surface area (Å²) in [7, 11) is 1.38. The molecule has 6 heteroatoms. The van der Waals surface area contributed by atoms with Crippen molar-refractivity contribution in [2.75, 3.05) is 26.8 Å². The highest BCUT2D eigenvalue weighted by Gasteiger charge is 2.30. The van der Waals surface area contributed by atoms with Crippen LogP contribution in [0.15, 0.2) is 69.9 Å². The highest BCUT2D eigenvalue weighted by Crippen LogP contribution is 2.33. The largest absolute Gasteiger partial charge is 0.492 e. The standard InChI is InChI=1S/C26H32N2O4/c1-17-13-22(18(2)12-21(17)14-27-15-23(29)30-6)31-16-26(4,5)24-19(3)32-25(28-24)20-10-8-7-9-11-20/h7-11,13,27H,2,12,14-16H2,1,3-6H3. The number of aromatic nitrogens is 1. The first-order valence-corrected chi connectivity index (χ1v) is 10.7. The van der Waals surface area contributed by atoms with Gasteiger partial charge in [0.2, 0.25) is 5.89 Å². The van der Waals surface area contributed by atoms with Crippen LogP contribution in [-0.2, 0) is 19.7 Å². The van der Waals surface area contributed by atoms with E-state index in [9.17, 15) is 4.79 Å². The molecule has 1 aromatic heterocycles. The third kappa shape index (κ3) is 5.56. The van der Waals surface area contributed by atoms with Crippen molar-refractivity contribution in [1.29, 1.82) is 0 Å². The van der Waals surface area contributed by atoms with Crippen molar-refractivity contribution in [1.82, 2.24) is 10.3 Å². The van der Waals surface area contributed by atoms with E-state index in [0.717, 1.165) is 33.9 Å². The van der Waals surface area contributed by atoms with E-state index in [0.29, 0.717) is 25.5 Å². The summed E-state index contributed by atoms with van der Waals surface area (Å²) in [5.41, 5.74) is 4.72. The van der Waals surface area contributed by atoms with E-state index in [-0.39, 0.29) is 17.9 Å². The number of aryl methyl sites for hydroxylation is 1. The molecule has 0 aliphatic heterocycles. The third-order valence-corrected chi connectivity index (χ3v) is 5.56. The molecule has 0 bridgehead atoms. The number of oxazole rings is 1. The molecule has 2 aromatic rings. The number of carbonyl (C=O) groups is 1. The maximum Gasteiger partial charge on any atom is 0.319 e. The number of esters is 1. The minimum absolute atomic E-state index is 0.184. The van der Waals surface area contributed by atoms with Crippen LogP contribution in [0.3, 0.4) is 0 Å². The van der Waals surface area contributed by atoms with E-state index in [1.54, 1.807) is 0 Å². The topological polar surface area (TPSA) is 73.6 Å². The van der Waals surface area contributed by atoms with Gasteiger partial charge in [-0.15, -0.1) is 0 Å². The third-order valence-electron chi connectivity index (χ3n) is 5.56. The van der Waals surface area contributed by atoms with Gasteiger partial charge in [0.05, 0.1) is 26.0 Å². The van der Waals surface area contributed by atoms with Crippen LogP contribution < -0.4 is 5.32 Å². The van der Waals surface area contributed by atoms with Crippen molar-refractivity contribution in [3.8, 4) is 11.5 Å². The Hall–Kier alpha value is -3.12. The van der Waals surface area contributed by atoms with Crippen molar-refractivity contribution in [2.45, 2.75) is 39.5 Å². The van der Waals surface area contributed by atoms with Crippen molar-refractivity contribution < 1.29 is 18.7 Å². The molecule has 0 radical (unpaired) electrons. The molecule has 0 saturated carbocycles. The predicted octanol–water partition coefficient (Wildman–Crippen LogP) is 4.87. The summed E-state index contributed by atoms with van der Waals surface area (Å²) in [5, 5.41) is 3.11. The van der Waals surface area contributed by atoms with Gasteiger partial charge in [-0.3, -0.25) is 4.79 Å². The average molecular weight is 437 g/mol. The molecule has 0 atom stereocenters. The van der Waals surface area contributed by atoms with Gasteiger partial charge in [-0.2, -0.15) is 0 Å². The lowest BCUT2D eigenvalue weighted by Gasteiger charge is -2.27. The van der Waals surface area contributed by atoms with Crippen LogP contribution in [0.25, 0.3) is 11.5 Å². The molecule has 1 aliphatic rings. The van der Waals surface area contributed by atoms with Gasteiger partial charge < -0.3 is 19.2 Å². The first-order chi connectivity index (χ1) is 15.2. The van der Waals surface area contributed by atoms with Gasteiger partial charge in [0.25, 0.3) is 0 Å². The van der Waals surface area contributed by atoms with Crippen molar-refractivity contribution in [3.63, 3.8) is 0 Å². The smallest absolute Gasteiger partial charge is 0.319 e. The molecular formula is C26H32N2O4. The number of hydrogen-bond acceptors (Lipinski definition) is 6. The molecule has 3 rings (SSSR count). The van der Waals surface area contributed by atoms with Gasteiger partial charge in [-0.25, -0.2) is 4.98 Å². The summed E-state index contributed by atoms with van der Waals surface area (Å²) in [6.07, 6.45) is 2.72. The van der Waals surface area contributed by atoms with Crippen molar-refractivity contribution in [2.24, 2.45) is 0 Å². The van der Waals surface area contributed by atoms with Crippen LogP contribution in [0.4, 0.5) is 0 Å². The number of nitrogens with one attached hydrogen (secondary N) is 1. The predicted molar refractivity (Wildman–Crippen MR) is 125 cm³/mol. The maximum atomic E-state index is 11.3. The Kier molecular flexibility index (Phi) is 7.36. The minimum Gasteiger partial charge on any atom is -0.492 e. The van der Waals surface area contributed by atoms with Gasteiger partial charge in [0, 0.05) is 17.5 Å². The van der Waals surface area contributed by atoms with Crippen LogP contribution in [0.2, 0.25) is 0 Å². The number of allylic oxidation sites excluding steroid dienone is 3. The summed E-state index contributed by atoms with van der Waals surface area (Å²) >= 11 is 0. The number of carbonyl (C=O) groups excluding carboxylic acids is 1. The zero-order valence-electron chi connectivity index (χ0n) is 19.6. The molecule has 170 valence electrons. The summed E-state index contributed by atoms with van der Waals surface area (Å²) in [6.45, 7) is 13.6. The molecule has 1 aliphatic carbocycles. The molecule has 1 N–H and O–H groups in total. The number of rotatable bonds is 9. The first-order valence-electron chi connectivity index (χ1n) is 10.7. The minimum atomic E-state index is -0.346. The van der Waals surface area contributed by atoms with E-state index < -0.39 is 0 Å². The van der Waals surface area contributed by atoms with Gasteiger partial charge >= 0.3 is 5.97 Å². The average Bonchev–Trinajstić information content (AvgIpc) is 3.18. The molecule has 0 fully saturated rings. The van der Waals surface area contributed by atoms with E-state index in [1.165, 1.54) is 12.7 Å². The Labute approximate surface area is 190 Å². The molecule has 0 spiro atoms. The fourth-order valence-electron chi connectivity index (χ4n) is 3.67. The van der Waals surface area contributed by atoms with Crippen LogP contribution in [0.5, 0.6) is 0 Å². The molecular weight excluding hydrogens is 404 g/mol. The molecule has 0 unspecified atom stereocenters. The first kappa shape index (κ1) is 23.5. The van der Waals surface area contributed by atoms with Crippen LogP contribution >= 0.6 is 0 Å². The fourth-order valence-corrected chi connectivity index (χ4v) is 3.67. The number of nitrogens with zero attached hydrogens (tertiary/aromatic N) is 1. The van der Waals surface area contributed by atoms with Gasteiger partial charge in [-0.1, -0.05) is 38.6 Å². The molecule has 32 heavy (non-hydrogen) atoms. The molecule has 0 saturated heterocycles. The number of benzene rings is 1. The summed E-state index contributed by atoms with van der Waals surface area (Å²) < 4.78 is 16.8. The lowest BCUT2D eigenvalue weighted by Crippen LogP contribution is -2.28. The Balaban J connectivity index is 1.68. The van der Waals surface area contributed by atoms with Crippen LogP contribution in [0.1, 0.15) is 38.6 Å². The SMILES string of the molecule is C=C1CC(CNCC(=O)OC)=C(C)C=C1OCC(C)(C)c1nc(-c2ccccc2)oc1C. The fraction of sp³-hybridized carbons (Fsp3) is 0.385. The van der Waals surface area contributed by atoms with Crippen LogP contribution in [0, 0.1) is 6.92 Å². The van der Waals surface area contributed by atoms with Gasteiger partial charge in [0.15, 0.2) is 0 Å². The second-order valence-corrected chi connectivity index (χ2v) is 8.72. The summed E-state index contributed by atoms with van der Waals surface area (Å²) in [6, 6.07) is 9.89. The lowest BCUT2D eigenvalue weighted by molar-refractivity contribution is -0.139. The monoisotopic (exact) mass is 436 g/mol. The lowest BCUT2D eigenvalue weighted by atomic mass is 9.89. The van der Waals surface area contributed by atoms with Crippen LogP contribution in [-0.4, -0.2) is 37.8 Å². The van der Waals surface area contributed by atoms with Crippen molar-refractivity contribution in [3.05, 3.63) is 76.9 Å². The van der Waals surface area contributed by atoms with Crippen molar-refractivity contribution >= 4 is 5.97 Å². The number of ether oxygens (including phenoxy) is 2. The zero-order chi connectivity index (χ0) is 23.3. The van der Waals surface area contributed by atoms with E-state index in [4.69, 9.17) is 14.1 Å². The second kappa shape index (κ2) is 10.0. The van der Waals surface area contributed by atoms with E-state index in [2.05, 4.69) is 30.5 Å². The summed E-state index contributed by atoms with van der Waals surface area (Å²) in [5.74, 6) is 1.93. The quantitative estimate of drug-likeness (QED) is 0.566. The molecule has 1 heterocycles. The Morgan fingerprint density at radius 2 is 1.97 bits per heavy atom. The number of methoxy groups -OCH3 is 1.